The molecule has 1 amide bonds. The first kappa shape index (κ1) is 19.7. The van der Waals surface area contributed by atoms with Crippen LogP contribution in [0.25, 0.3) is 11.0 Å². The topological polar surface area (TPSA) is 81.2 Å². The molecule has 6 nitrogen and oxygen atoms in total. The number of piperidine rings is 1. The second-order valence-corrected chi connectivity index (χ2v) is 9.44. The molecule has 2 saturated heterocycles. The highest BCUT2D eigenvalue weighted by molar-refractivity contribution is 5.92. The quantitative estimate of drug-likeness (QED) is 0.838. The lowest BCUT2D eigenvalue weighted by molar-refractivity contribution is 0.0497. The summed E-state index contributed by atoms with van der Waals surface area (Å²) in [5, 5.41) is 0. The largest absolute Gasteiger partial charge is 0.364 e. The summed E-state index contributed by atoms with van der Waals surface area (Å²) < 4.78 is 1.84. The van der Waals surface area contributed by atoms with Crippen LogP contribution >= 0.6 is 0 Å². The minimum Gasteiger partial charge on any atom is -0.364 e. The van der Waals surface area contributed by atoms with Gasteiger partial charge in [0.2, 0.25) is 0 Å². The van der Waals surface area contributed by atoms with E-state index in [2.05, 4.69) is 9.88 Å². The van der Waals surface area contributed by atoms with Crippen molar-refractivity contribution in [3.8, 4) is 0 Å². The fourth-order valence-corrected chi connectivity index (χ4v) is 6.40. The zero-order valence-electron chi connectivity index (χ0n) is 17.6. The molecule has 0 radical (unpaired) electrons. The van der Waals surface area contributed by atoms with Gasteiger partial charge in [0.1, 0.15) is 0 Å². The van der Waals surface area contributed by atoms with Gasteiger partial charge in [0.15, 0.2) is 5.69 Å². The summed E-state index contributed by atoms with van der Waals surface area (Å²) in [6.45, 7) is 0. The Kier molecular flexibility index (Phi) is 5.35. The molecule has 160 valence electrons. The van der Waals surface area contributed by atoms with E-state index in [0.29, 0.717) is 23.6 Å². The number of rotatable bonds is 3. The van der Waals surface area contributed by atoms with Crippen molar-refractivity contribution in [3.05, 3.63) is 40.3 Å². The molecule has 3 fully saturated rings. The van der Waals surface area contributed by atoms with Crippen molar-refractivity contribution in [2.45, 2.75) is 94.8 Å². The predicted molar refractivity (Wildman–Crippen MR) is 118 cm³/mol. The molecule has 6 heteroatoms. The smallest absolute Gasteiger partial charge is 0.282 e. The molecule has 0 spiro atoms. The van der Waals surface area contributed by atoms with Crippen LogP contribution in [0.4, 0.5) is 0 Å². The monoisotopic (exact) mass is 408 g/mol. The Hall–Kier alpha value is -2.21. The summed E-state index contributed by atoms with van der Waals surface area (Å²) in [7, 11) is 0. The average Bonchev–Trinajstić information content (AvgIpc) is 2.96. The molecule has 1 aromatic carbocycles. The Balaban J connectivity index is 1.48. The van der Waals surface area contributed by atoms with Gasteiger partial charge in [-0.1, -0.05) is 44.2 Å². The number of carbonyl (C=O) groups excluding carboxylic acids is 1. The lowest BCUT2D eigenvalue weighted by Crippen LogP contribution is -2.50. The fraction of sp³-hybridized carbons (Fsp3) is 0.625. The van der Waals surface area contributed by atoms with Gasteiger partial charge in [-0.15, -0.1) is 0 Å². The molecule has 30 heavy (non-hydrogen) atoms. The van der Waals surface area contributed by atoms with E-state index >= 15 is 0 Å². The Morgan fingerprint density at radius 2 is 1.50 bits per heavy atom. The Morgan fingerprint density at radius 1 is 0.867 bits per heavy atom. The van der Waals surface area contributed by atoms with Gasteiger partial charge >= 0.3 is 0 Å². The summed E-state index contributed by atoms with van der Waals surface area (Å²) in [6, 6.07) is 9.50. The van der Waals surface area contributed by atoms with Crippen molar-refractivity contribution >= 4 is 16.9 Å². The maximum Gasteiger partial charge on any atom is 0.282 e. The number of fused-ring (bicyclic) bond motifs is 3. The number of nitrogens with two attached hydrogens (primary N) is 1. The van der Waals surface area contributed by atoms with E-state index in [4.69, 9.17) is 5.73 Å². The highest BCUT2D eigenvalue weighted by atomic mass is 16.2. The minimum absolute atomic E-state index is 0.103. The van der Waals surface area contributed by atoms with Crippen LogP contribution in [0.1, 0.15) is 87.2 Å². The van der Waals surface area contributed by atoms with E-state index in [9.17, 15) is 9.59 Å². The van der Waals surface area contributed by atoms with Crippen LogP contribution < -0.4 is 11.3 Å². The van der Waals surface area contributed by atoms with Crippen molar-refractivity contribution in [1.82, 2.24) is 14.5 Å². The third-order valence-electron chi connectivity index (χ3n) is 7.65. The standard InChI is InChI=1S/C24H32N4O2/c25-23(29)22-24(30)28(21-11-7-6-10-20(21)26-22)19-14-17-12-13-18(15-19)27(17)16-8-4-2-1-3-5-9-16/h6-7,10-11,16-19H,1-5,8-9,12-15H2,(H2,25,29). The number of amides is 1. The predicted octanol–water partition coefficient (Wildman–Crippen LogP) is 3.78. The molecule has 2 aromatic rings. The lowest BCUT2D eigenvalue weighted by atomic mass is 9.89. The molecule has 2 aliphatic heterocycles. The molecule has 2 N–H and O–H groups in total. The number of primary amides is 1. The average molecular weight is 409 g/mol. The summed E-state index contributed by atoms with van der Waals surface area (Å²) in [6.07, 6.45) is 13.9. The van der Waals surface area contributed by atoms with Crippen molar-refractivity contribution in [2.75, 3.05) is 0 Å². The van der Waals surface area contributed by atoms with Crippen molar-refractivity contribution in [3.63, 3.8) is 0 Å². The maximum absolute atomic E-state index is 13.2. The van der Waals surface area contributed by atoms with E-state index in [1.807, 2.05) is 28.8 Å². The first-order valence-electron chi connectivity index (χ1n) is 11.7. The molecule has 1 aromatic heterocycles. The molecule has 2 bridgehead atoms. The fourth-order valence-electron chi connectivity index (χ4n) is 6.40. The molecule has 2 unspecified atom stereocenters. The molecule has 3 aliphatic rings. The summed E-state index contributed by atoms with van der Waals surface area (Å²) >= 11 is 0. The number of nitrogens with zero attached hydrogens (tertiary/aromatic N) is 3. The van der Waals surface area contributed by atoms with Gasteiger partial charge in [-0.05, 0) is 50.7 Å². The Labute approximate surface area is 177 Å². The number of carbonyl (C=O) groups is 1. The highest BCUT2D eigenvalue weighted by Crippen LogP contribution is 2.44. The van der Waals surface area contributed by atoms with E-state index in [0.717, 1.165) is 18.4 Å². The molecule has 1 saturated carbocycles. The maximum atomic E-state index is 13.2. The van der Waals surface area contributed by atoms with Crippen LogP contribution in [0, 0.1) is 0 Å². The number of hydrogen-bond donors (Lipinski definition) is 1. The number of benzene rings is 1. The van der Waals surface area contributed by atoms with Crippen molar-refractivity contribution < 1.29 is 4.79 Å². The molecular weight excluding hydrogens is 376 g/mol. The van der Waals surface area contributed by atoms with Gasteiger partial charge in [-0.3, -0.25) is 14.5 Å². The zero-order chi connectivity index (χ0) is 20.7. The highest BCUT2D eigenvalue weighted by Gasteiger charge is 2.44. The lowest BCUT2D eigenvalue weighted by Gasteiger charge is -2.45. The first-order chi connectivity index (χ1) is 14.6. The van der Waals surface area contributed by atoms with Crippen LogP contribution in [0.15, 0.2) is 29.1 Å². The van der Waals surface area contributed by atoms with Crippen molar-refractivity contribution in [2.24, 2.45) is 5.73 Å². The van der Waals surface area contributed by atoms with Gasteiger partial charge in [-0.2, -0.15) is 0 Å². The van der Waals surface area contributed by atoms with Crippen molar-refractivity contribution in [1.29, 1.82) is 0 Å². The summed E-state index contributed by atoms with van der Waals surface area (Å²) in [5.74, 6) is -0.741. The second kappa shape index (κ2) is 8.14. The minimum atomic E-state index is -0.741. The van der Waals surface area contributed by atoms with E-state index in [-0.39, 0.29) is 17.3 Å². The van der Waals surface area contributed by atoms with Gasteiger partial charge in [0, 0.05) is 24.2 Å². The van der Waals surface area contributed by atoms with Gasteiger partial charge < -0.3 is 10.3 Å². The van der Waals surface area contributed by atoms with Gasteiger partial charge in [0.05, 0.1) is 11.0 Å². The molecular formula is C24H32N4O2. The third kappa shape index (κ3) is 3.45. The van der Waals surface area contributed by atoms with Crippen LogP contribution in [0.2, 0.25) is 0 Å². The van der Waals surface area contributed by atoms with Gasteiger partial charge in [-0.25, -0.2) is 4.98 Å². The first-order valence-corrected chi connectivity index (χ1v) is 11.7. The molecule has 5 rings (SSSR count). The summed E-state index contributed by atoms with van der Waals surface area (Å²) in [4.78, 5) is 32.2. The number of aromatic nitrogens is 2. The van der Waals surface area contributed by atoms with Gasteiger partial charge in [0.25, 0.3) is 11.5 Å². The van der Waals surface area contributed by atoms with Crippen LogP contribution in [-0.2, 0) is 0 Å². The Bertz CT molecular complexity index is 978. The molecule has 2 atom stereocenters. The SMILES string of the molecule is NC(=O)c1nc2ccccc2n(C2CC3CCC(C2)N3C2CCCCCCC2)c1=O. The van der Waals surface area contributed by atoms with E-state index < -0.39 is 5.91 Å². The second-order valence-electron chi connectivity index (χ2n) is 9.44. The zero-order valence-corrected chi connectivity index (χ0v) is 17.6. The molecule has 3 heterocycles. The van der Waals surface area contributed by atoms with Crippen LogP contribution in [0.5, 0.6) is 0 Å². The normalized spacial score (nSPS) is 28.3. The third-order valence-corrected chi connectivity index (χ3v) is 7.65. The van der Waals surface area contributed by atoms with E-state index in [1.165, 1.54) is 57.8 Å². The van der Waals surface area contributed by atoms with E-state index in [1.54, 1.807) is 0 Å². The van der Waals surface area contributed by atoms with Crippen LogP contribution in [-0.4, -0.2) is 38.5 Å². The van der Waals surface area contributed by atoms with Crippen LogP contribution in [0.3, 0.4) is 0 Å². The molecule has 1 aliphatic carbocycles. The number of para-hydroxylation sites is 2. The Morgan fingerprint density at radius 3 is 2.17 bits per heavy atom. The number of hydrogen-bond acceptors (Lipinski definition) is 4. The summed E-state index contributed by atoms with van der Waals surface area (Å²) in [5.41, 5.74) is 6.51.